The van der Waals surface area contributed by atoms with Gasteiger partial charge in [-0.15, -0.1) is 0 Å². The molecule has 0 aliphatic carbocycles. The molecule has 3 aromatic rings. The van der Waals surface area contributed by atoms with Crippen molar-refractivity contribution < 1.29 is 14.3 Å². The molecule has 2 aliphatic heterocycles. The van der Waals surface area contributed by atoms with E-state index in [2.05, 4.69) is 36.1 Å². The number of fused-ring (bicyclic) bond motifs is 1. The molecule has 3 heterocycles. The maximum atomic E-state index is 13.1. The Kier molecular flexibility index (Phi) is 6.15. The van der Waals surface area contributed by atoms with Crippen LogP contribution in [0.2, 0.25) is 0 Å². The summed E-state index contributed by atoms with van der Waals surface area (Å²) in [6, 6.07) is 11.8. The number of piperidine rings is 1. The van der Waals surface area contributed by atoms with Crippen molar-refractivity contribution in [3.8, 4) is 22.6 Å². The van der Waals surface area contributed by atoms with E-state index in [-0.39, 0.29) is 5.91 Å². The summed E-state index contributed by atoms with van der Waals surface area (Å²) in [6.07, 6.45) is 4.35. The second-order valence-electron chi connectivity index (χ2n) is 9.59. The topological polar surface area (TPSA) is 66.6 Å². The molecule has 1 aromatic heterocycles. The van der Waals surface area contributed by atoms with Crippen LogP contribution in [0.25, 0.3) is 22.8 Å². The molecule has 0 spiro atoms. The van der Waals surface area contributed by atoms with Gasteiger partial charge >= 0.3 is 0 Å². The fourth-order valence-electron chi connectivity index (χ4n) is 5.62. The lowest BCUT2D eigenvalue weighted by Crippen LogP contribution is -2.29. The highest BCUT2D eigenvalue weighted by molar-refractivity contribution is 6.36. The molecule has 6 heteroatoms. The lowest BCUT2D eigenvalue weighted by molar-refractivity contribution is -0.110. The summed E-state index contributed by atoms with van der Waals surface area (Å²) in [5, 5.41) is 3.06. The van der Waals surface area contributed by atoms with E-state index < -0.39 is 0 Å². The summed E-state index contributed by atoms with van der Waals surface area (Å²) < 4.78 is 10.9. The molecule has 2 N–H and O–H groups in total. The van der Waals surface area contributed by atoms with Crippen LogP contribution in [0, 0.1) is 13.8 Å². The first-order valence-electron chi connectivity index (χ1n) is 12.2. The number of anilines is 1. The molecule has 1 saturated heterocycles. The fourth-order valence-corrected chi connectivity index (χ4v) is 5.62. The van der Waals surface area contributed by atoms with Gasteiger partial charge in [0.15, 0.2) is 11.5 Å². The molecule has 5 rings (SSSR count). The van der Waals surface area contributed by atoms with Crippen LogP contribution >= 0.6 is 0 Å². The second kappa shape index (κ2) is 9.27. The van der Waals surface area contributed by atoms with Gasteiger partial charge in [0.1, 0.15) is 0 Å². The van der Waals surface area contributed by atoms with Crippen LogP contribution in [0.15, 0.2) is 36.4 Å². The lowest BCUT2D eigenvalue weighted by atomic mass is 9.87. The van der Waals surface area contributed by atoms with Gasteiger partial charge in [-0.1, -0.05) is 18.2 Å². The Hall–Kier alpha value is -3.51. The van der Waals surface area contributed by atoms with Crippen LogP contribution in [0.1, 0.15) is 46.8 Å². The number of H-pyrrole nitrogens is 1. The normalized spacial score (nSPS) is 17.5. The molecule has 0 bridgehead atoms. The van der Waals surface area contributed by atoms with Gasteiger partial charge in [-0.05, 0) is 99.3 Å². The van der Waals surface area contributed by atoms with E-state index in [0.29, 0.717) is 23.0 Å². The van der Waals surface area contributed by atoms with Crippen molar-refractivity contribution in [2.24, 2.45) is 0 Å². The molecule has 2 aliphatic rings. The van der Waals surface area contributed by atoms with E-state index in [1.807, 2.05) is 42.5 Å². The summed E-state index contributed by atoms with van der Waals surface area (Å²) >= 11 is 0. The minimum atomic E-state index is -0.0829. The zero-order valence-electron chi connectivity index (χ0n) is 21.1. The van der Waals surface area contributed by atoms with Gasteiger partial charge < -0.3 is 24.7 Å². The van der Waals surface area contributed by atoms with Gasteiger partial charge in [-0.2, -0.15) is 0 Å². The van der Waals surface area contributed by atoms with E-state index in [1.165, 1.54) is 29.7 Å². The smallest absolute Gasteiger partial charge is 0.256 e. The van der Waals surface area contributed by atoms with E-state index in [9.17, 15) is 4.79 Å². The summed E-state index contributed by atoms with van der Waals surface area (Å²) in [5.74, 6) is 1.80. The number of aromatic nitrogens is 1. The number of hydrogen-bond acceptors (Lipinski definition) is 4. The molecule has 1 fully saturated rings. The number of nitrogens with zero attached hydrogens (tertiary/aromatic N) is 1. The highest BCUT2D eigenvalue weighted by atomic mass is 16.5. The Morgan fingerprint density at radius 3 is 2.49 bits per heavy atom. The molecule has 2 aromatic carbocycles. The molecule has 0 radical (unpaired) electrons. The van der Waals surface area contributed by atoms with Crippen LogP contribution in [0.4, 0.5) is 5.69 Å². The number of aromatic amines is 1. The Morgan fingerprint density at radius 1 is 1.03 bits per heavy atom. The van der Waals surface area contributed by atoms with E-state index >= 15 is 0 Å². The number of amides is 1. The SMILES string of the molecule is COc1ccc(-c2cccc3c2C(=Cc2[nH]c(C)c(C4CCN(C)CC4)c2C)C(=O)N3)cc1OC. The van der Waals surface area contributed by atoms with Crippen molar-refractivity contribution in [2.45, 2.75) is 32.6 Å². The largest absolute Gasteiger partial charge is 0.493 e. The summed E-state index contributed by atoms with van der Waals surface area (Å²) in [6.45, 7) is 6.57. The molecule has 35 heavy (non-hydrogen) atoms. The predicted molar refractivity (Wildman–Crippen MR) is 141 cm³/mol. The summed E-state index contributed by atoms with van der Waals surface area (Å²) in [4.78, 5) is 19.1. The molecular formula is C29H33N3O3. The fraction of sp³-hybridized carbons (Fsp3) is 0.345. The van der Waals surface area contributed by atoms with Crippen molar-refractivity contribution in [1.29, 1.82) is 0 Å². The van der Waals surface area contributed by atoms with Crippen LogP contribution in [-0.2, 0) is 4.79 Å². The first kappa shape index (κ1) is 23.2. The van der Waals surface area contributed by atoms with Gasteiger partial charge in [0.2, 0.25) is 0 Å². The Morgan fingerprint density at radius 2 is 1.77 bits per heavy atom. The molecule has 1 amide bonds. The van der Waals surface area contributed by atoms with Gasteiger partial charge in [-0.25, -0.2) is 0 Å². The zero-order chi connectivity index (χ0) is 24.7. The third-order valence-corrected chi connectivity index (χ3v) is 7.47. The third-order valence-electron chi connectivity index (χ3n) is 7.47. The van der Waals surface area contributed by atoms with Crippen molar-refractivity contribution >= 4 is 23.2 Å². The van der Waals surface area contributed by atoms with Gasteiger partial charge in [0.05, 0.1) is 19.8 Å². The van der Waals surface area contributed by atoms with Gasteiger partial charge in [-0.3, -0.25) is 4.79 Å². The molecule has 182 valence electrons. The van der Waals surface area contributed by atoms with Crippen LogP contribution in [0.3, 0.4) is 0 Å². The Labute approximate surface area is 206 Å². The first-order valence-corrected chi connectivity index (χ1v) is 12.2. The van der Waals surface area contributed by atoms with Gasteiger partial charge in [0, 0.05) is 22.6 Å². The average Bonchev–Trinajstić information content (AvgIpc) is 3.33. The monoisotopic (exact) mass is 471 g/mol. The van der Waals surface area contributed by atoms with Gasteiger partial charge in [0.25, 0.3) is 5.91 Å². The predicted octanol–water partition coefficient (Wildman–Crippen LogP) is 5.62. The minimum Gasteiger partial charge on any atom is -0.493 e. The van der Waals surface area contributed by atoms with Crippen LogP contribution < -0.4 is 14.8 Å². The first-order chi connectivity index (χ1) is 16.9. The highest BCUT2D eigenvalue weighted by Crippen LogP contribution is 2.43. The lowest BCUT2D eigenvalue weighted by Gasteiger charge is -2.29. The van der Waals surface area contributed by atoms with E-state index in [4.69, 9.17) is 9.47 Å². The molecule has 6 nitrogen and oxygen atoms in total. The van der Waals surface area contributed by atoms with Crippen molar-refractivity contribution in [1.82, 2.24) is 9.88 Å². The molecular weight excluding hydrogens is 438 g/mol. The van der Waals surface area contributed by atoms with E-state index in [0.717, 1.165) is 41.2 Å². The molecule has 0 saturated carbocycles. The van der Waals surface area contributed by atoms with Crippen molar-refractivity contribution in [3.63, 3.8) is 0 Å². The molecule has 0 unspecified atom stereocenters. The zero-order valence-corrected chi connectivity index (χ0v) is 21.1. The highest BCUT2D eigenvalue weighted by Gasteiger charge is 2.29. The number of methoxy groups -OCH3 is 2. The number of nitrogens with one attached hydrogen (secondary N) is 2. The van der Waals surface area contributed by atoms with Crippen molar-refractivity contribution in [3.05, 3.63) is 64.5 Å². The number of ether oxygens (including phenoxy) is 2. The van der Waals surface area contributed by atoms with Crippen LogP contribution in [0.5, 0.6) is 11.5 Å². The number of hydrogen-bond donors (Lipinski definition) is 2. The summed E-state index contributed by atoms with van der Waals surface area (Å²) in [7, 11) is 5.45. The Bertz CT molecular complexity index is 1310. The maximum Gasteiger partial charge on any atom is 0.256 e. The number of rotatable bonds is 5. The number of carbonyl (C=O) groups excluding carboxylic acids is 1. The standard InChI is InChI=1S/C29H33N3O3/c1-17-24(30-18(2)27(17)19-11-13-32(3)14-12-19)16-22-28-21(7-6-8-23(28)31-29(22)33)20-9-10-25(34-4)26(15-20)35-5/h6-10,15-16,19,30H,11-14H2,1-5H3,(H,31,33). The number of likely N-dealkylation sites (tertiary alicyclic amines) is 1. The summed E-state index contributed by atoms with van der Waals surface area (Å²) in [5.41, 5.74) is 9.23. The second-order valence-corrected chi connectivity index (χ2v) is 9.59. The van der Waals surface area contributed by atoms with Crippen molar-refractivity contribution in [2.75, 3.05) is 39.7 Å². The molecule has 0 atom stereocenters. The third kappa shape index (κ3) is 4.12. The number of benzene rings is 2. The quantitative estimate of drug-likeness (QED) is 0.474. The minimum absolute atomic E-state index is 0.0829. The van der Waals surface area contributed by atoms with Crippen LogP contribution in [-0.4, -0.2) is 50.1 Å². The number of carbonyl (C=O) groups is 1. The Balaban J connectivity index is 1.58. The number of aryl methyl sites for hydroxylation is 1. The van der Waals surface area contributed by atoms with E-state index in [1.54, 1.807) is 14.2 Å². The maximum absolute atomic E-state index is 13.1. The average molecular weight is 472 g/mol.